The fourth-order valence-electron chi connectivity index (χ4n) is 3.71. The number of hydrogen-bond acceptors (Lipinski definition) is 2. The van der Waals surface area contributed by atoms with Crippen LogP contribution in [0.2, 0.25) is 0 Å². The maximum atomic E-state index is 3.63. The molecule has 1 aliphatic carbocycles. The molecule has 2 nitrogen and oxygen atoms in total. The lowest BCUT2D eigenvalue weighted by molar-refractivity contribution is 0.183. The zero-order valence-electron chi connectivity index (χ0n) is 13.2. The maximum Gasteiger partial charge on any atom is 0.00952 e. The highest BCUT2D eigenvalue weighted by Gasteiger charge is 2.22. The fourth-order valence-corrected chi connectivity index (χ4v) is 3.71. The van der Waals surface area contributed by atoms with Gasteiger partial charge in [-0.05, 0) is 70.5 Å². The summed E-state index contributed by atoms with van der Waals surface area (Å²) in [6, 6.07) is 1.74. The van der Waals surface area contributed by atoms with Crippen LogP contribution in [0.1, 0.15) is 71.6 Å². The average Bonchev–Trinajstić information content (AvgIpc) is 3.05. The minimum absolute atomic E-state index is 0.829. The Bertz CT molecular complexity index is 227. The quantitative estimate of drug-likeness (QED) is 0.718. The lowest BCUT2D eigenvalue weighted by Gasteiger charge is -2.30. The lowest BCUT2D eigenvalue weighted by Crippen LogP contribution is -2.36. The van der Waals surface area contributed by atoms with E-state index < -0.39 is 0 Å². The van der Waals surface area contributed by atoms with Gasteiger partial charge in [0.05, 0.1) is 0 Å². The highest BCUT2D eigenvalue weighted by Crippen LogP contribution is 2.24. The van der Waals surface area contributed by atoms with Gasteiger partial charge in [-0.3, -0.25) is 0 Å². The summed E-state index contributed by atoms with van der Waals surface area (Å²) in [5.41, 5.74) is 0. The normalized spacial score (nSPS) is 24.9. The van der Waals surface area contributed by atoms with Gasteiger partial charge in [-0.15, -0.1) is 0 Å². The van der Waals surface area contributed by atoms with Gasteiger partial charge >= 0.3 is 0 Å². The molecule has 19 heavy (non-hydrogen) atoms. The molecule has 1 heterocycles. The van der Waals surface area contributed by atoms with Crippen molar-refractivity contribution in [2.75, 3.05) is 19.6 Å². The molecular formula is C17H34N2. The van der Waals surface area contributed by atoms with Gasteiger partial charge in [-0.25, -0.2) is 0 Å². The SMILES string of the molecule is CC(C)CCN(CCCC1CCCN1)C1CCCC1. The van der Waals surface area contributed by atoms with Crippen LogP contribution in [-0.4, -0.2) is 36.6 Å². The van der Waals surface area contributed by atoms with Crippen LogP contribution in [0.5, 0.6) is 0 Å². The molecule has 1 aliphatic heterocycles. The Hall–Kier alpha value is -0.0800. The third-order valence-corrected chi connectivity index (χ3v) is 5.00. The van der Waals surface area contributed by atoms with Crippen molar-refractivity contribution in [3.05, 3.63) is 0 Å². The molecule has 0 aromatic carbocycles. The molecule has 1 saturated heterocycles. The summed E-state index contributed by atoms with van der Waals surface area (Å²) in [5, 5.41) is 3.63. The van der Waals surface area contributed by atoms with Crippen LogP contribution in [0, 0.1) is 5.92 Å². The van der Waals surface area contributed by atoms with Gasteiger partial charge in [0.25, 0.3) is 0 Å². The van der Waals surface area contributed by atoms with Crippen molar-refractivity contribution >= 4 is 0 Å². The first-order chi connectivity index (χ1) is 9.25. The number of rotatable bonds is 8. The number of nitrogens with zero attached hydrogens (tertiary/aromatic N) is 1. The first-order valence-electron chi connectivity index (χ1n) is 8.73. The van der Waals surface area contributed by atoms with Crippen LogP contribution in [0.4, 0.5) is 0 Å². The zero-order chi connectivity index (χ0) is 13.5. The Labute approximate surface area is 120 Å². The minimum atomic E-state index is 0.829. The van der Waals surface area contributed by atoms with Crippen molar-refractivity contribution in [1.82, 2.24) is 10.2 Å². The van der Waals surface area contributed by atoms with Gasteiger partial charge in [0.1, 0.15) is 0 Å². The van der Waals surface area contributed by atoms with Crippen LogP contribution in [-0.2, 0) is 0 Å². The molecule has 2 rings (SSSR count). The molecule has 2 aliphatic rings. The molecule has 2 fully saturated rings. The van der Waals surface area contributed by atoms with Crippen LogP contribution >= 0.6 is 0 Å². The summed E-state index contributed by atoms with van der Waals surface area (Å²) in [5.74, 6) is 0.848. The van der Waals surface area contributed by atoms with Crippen LogP contribution < -0.4 is 5.32 Å². The molecule has 0 radical (unpaired) electrons. The zero-order valence-corrected chi connectivity index (χ0v) is 13.2. The molecule has 0 spiro atoms. The minimum Gasteiger partial charge on any atom is -0.314 e. The first kappa shape index (κ1) is 15.3. The Morgan fingerprint density at radius 1 is 1.05 bits per heavy atom. The second-order valence-corrected chi connectivity index (χ2v) is 7.09. The van der Waals surface area contributed by atoms with E-state index in [9.17, 15) is 0 Å². The summed E-state index contributed by atoms with van der Waals surface area (Å²) >= 11 is 0. The van der Waals surface area contributed by atoms with E-state index in [1.54, 1.807) is 0 Å². The molecule has 0 bridgehead atoms. The summed E-state index contributed by atoms with van der Waals surface area (Å²) in [7, 11) is 0. The standard InChI is InChI=1S/C17H34N2/c1-15(2)11-14-19(17-9-3-4-10-17)13-6-8-16-7-5-12-18-16/h15-18H,3-14H2,1-2H3. The van der Waals surface area contributed by atoms with E-state index >= 15 is 0 Å². The summed E-state index contributed by atoms with van der Waals surface area (Å²) < 4.78 is 0. The van der Waals surface area contributed by atoms with E-state index in [-0.39, 0.29) is 0 Å². The summed E-state index contributed by atoms with van der Waals surface area (Å²) in [4.78, 5) is 2.82. The topological polar surface area (TPSA) is 15.3 Å². The van der Waals surface area contributed by atoms with Crippen LogP contribution in [0.25, 0.3) is 0 Å². The van der Waals surface area contributed by atoms with Crippen LogP contribution in [0.15, 0.2) is 0 Å². The first-order valence-corrected chi connectivity index (χ1v) is 8.73. The van der Waals surface area contributed by atoms with Gasteiger partial charge in [0.2, 0.25) is 0 Å². The second kappa shape index (κ2) is 8.26. The molecule has 0 aromatic rings. The van der Waals surface area contributed by atoms with Crippen molar-refractivity contribution in [1.29, 1.82) is 0 Å². The molecule has 1 N–H and O–H groups in total. The van der Waals surface area contributed by atoms with Crippen LogP contribution in [0.3, 0.4) is 0 Å². The Morgan fingerprint density at radius 3 is 2.47 bits per heavy atom. The van der Waals surface area contributed by atoms with Gasteiger partial charge in [0, 0.05) is 12.1 Å². The monoisotopic (exact) mass is 266 g/mol. The van der Waals surface area contributed by atoms with Gasteiger partial charge < -0.3 is 10.2 Å². The van der Waals surface area contributed by atoms with E-state index in [0.29, 0.717) is 0 Å². The van der Waals surface area contributed by atoms with Crippen molar-refractivity contribution < 1.29 is 0 Å². The highest BCUT2D eigenvalue weighted by molar-refractivity contribution is 4.79. The predicted molar refractivity (Wildman–Crippen MR) is 83.5 cm³/mol. The van der Waals surface area contributed by atoms with Gasteiger partial charge in [0.15, 0.2) is 0 Å². The van der Waals surface area contributed by atoms with Crippen molar-refractivity contribution in [3.63, 3.8) is 0 Å². The third-order valence-electron chi connectivity index (χ3n) is 5.00. The fraction of sp³-hybridized carbons (Fsp3) is 1.00. The molecular weight excluding hydrogens is 232 g/mol. The molecule has 0 aromatic heterocycles. The van der Waals surface area contributed by atoms with Crippen molar-refractivity contribution in [2.24, 2.45) is 5.92 Å². The van der Waals surface area contributed by atoms with E-state index in [4.69, 9.17) is 0 Å². The second-order valence-electron chi connectivity index (χ2n) is 7.09. The summed E-state index contributed by atoms with van der Waals surface area (Å²) in [6.45, 7) is 8.64. The summed E-state index contributed by atoms with van der Waals surface area (Å²) in [6.07, 6.45) is 12.8. The third kappa shape index (κ3) is 5.43. The smallest absolute Gasteiger partial charge is 0.00952 e. The van der Waals surface area contributed by atoms with E-state index in [1.165, 1.54) is 77.4 Å². The molecule has 1 atom stereocenters. The Kier molecular flexibility index (Phi) is 6.66. The predicted octanol–water partition coefficient (Wildman–Crippen LogP) is 3.81. The maximum absolute atomic E-state index is 3.63. The van der Waals surface area contributed by atoms with Gasteiger partial charge in [-0.2, -0.15) is 0 Å². The molecule has 1 saturated carbocycles. The number of hydrogen-bond donors (Lipinski definition) is 1. The van der Waals surface area contributed by atoms with E-state index in [2.05, 4.69) is 24.1 Å². The van der Waals surface area contributed by atoms with Gasteiger partial charge in [-0.1, -0.05) is 26.7 Å². The Balaban J connectivity index is 1.68. The molecule has 2 heteroatoms. The molecule has 112 valence electrons. The van der Waals surface area contributed by atoms with Crippen molar-refractivity contribution in [3.8, 4) is 0 Å². The lowest BCUT2D eigenvalue weighted by atomic mass is 10.1. The molecule has 0 amide bonds. The van der Waals surface area contributed by atoms with E-state index in [0.717, 1.165) is 18.0 Å². The highest BCUT2D eigenvalue weighted by atomic mass is 15.2. The Morgan fingerprint density at radius 2 is 1.84 bits per heavy atom. The average molecular weight is 266 g/mol. The van der Waals surface area contributed by atoms with Crippen molar-refractivity contribution in [2.45, 2.75) is 83.7 Å². The molecule has 1 unspecified atom stereocenters. The number of nitrogens with one attached hydrogen (secondary N) is 1. The largest absolute Gasteiger partial charge is 0.314 e. The van der Waals surface area contributed by atoms with E-state index in [1.807, 2.05) is 0 Å².